The first-order valence-corrected chi connectivity index (χ1v) is 12.5. The standard InChI is InChI=1S/C18H19F3O4S.C9H20/c1-2-3-14-13-5-4-12(10-15(13)25-17(26)16(14)19)24-9-7-18(20,21)6-8-23-11-22;1-8(2)6-7-9(3,4)5/h4-5,10-11H,2-3,6-9H2,1H3;8H,6-7H2,1-5H3. The van der Waals surface area contributed by atoms with Crippen LogP contribution in [-0.2, 0) is 16.0 Å². The topological polar surface area (TPSA) is 48.7 Å². The van der Waals surface area contributed by atoms with Crippen LogP contribution < -0.4 is 4.74 Å². The Hall–Kier alpha value is -2.09. The number of benzene rings is 1. The zero-order chi connectivity index (χ0) is 26.6. The molecule has 0 radical (unpaired) electrons. The Balaban J connectivity index is 0.000000579. The van der Waals surface area contributed by atoms with Crippen molar-refractivity contribution >= 4 is 29.7 Å². The number of hydrogen-bond donors (Lipinski definition) is 0. The van der Waals surface area contributed by atoms with Crippen molar-refractivity contribution in [3.63, 3.8) is 0 Å². The number of halogens is 3. The zero-order valence-electron chi connectivity index (χ0n) is 21.7. The van der Waals surface area contributed by atoms with Crippen LogP contribution in [0.2, 0.25) is 0 Å². The summed E-state index contributed by atoms with van der Waals surface area (Å²) >= 11 is 4.89. The first kappa shape index (κ1) is 30.9. The minimum Gasteiger partial charge on any atom is -0.493 e. The van der Waals surface area contributed by atoms with Gasteiger partial charge in [-0.25, -0.2) is 13.2 Å². The van der Waals surface area contributed by atoms with E-state index in [0.29, 0.717) is 34.1 Å². The third-order valence-electron chi connectivity index (χ3n) is 5.29. The monoisotopic (exact) mass is 516 g/mol. The van der Waals surface area contributed by atoms with E-state index >= 15 is 0 Å². The molecule has 0 atom stereocenters. The van der Waals surface area contributed by atoms with Crippen LogP contribution in [-0.4, -0.2) is 25.6 Å². The third kappa shape index (κ3) is 11.9. The van der Waals surface area contributed by atoms with E-state index in [1.807, 2.05) is 6.92 Å². The molecule has 0 saturated carbocycles. The minimum atomic E-state index is -3.00. The van der Waals surface area contributed by atoms with Gasteiger partial charge >= 0.3 is 0 Å². The fraction of sp³-hybridized carbons (Fsp3) is 0.630. The predicted octanol–water partition coefficient (Wildman–Crippen LogP) is 8.69. The van der Waals surface area contributed by atoms with E-state index in [1.54, 1.807) is 12.1 Å². The van der Waals surface area contributed by atoms with E-state index in [2.05, 4.69) is 39.4 Å². The molecule has 0 saturated heterocycles. The smallest absolute Gasteiger partial charge is 0.293 e. The van der Waals surface area contributed by atoms with Gasteiger partial charge in [0.15, 0.2) is 5.82 Å². The van der Waals surface area contributed by atoms with Gasteiger partial charge < -0.3 is 13.9 Å². The zero-order valence-corrected chi connectivity index (χ0v) is 22.5. The number of ether oxygens (including phenoxy) is 2. The van der Waals surface area contributed by atoms with Crippen LogP contribution in [0.25, 0.3) is 11.0 Å². The molecular weight excluding hydrogens is 477 g/mol. The summed E-state index contributed by atoms with van der Waals surface area (Å²) in [5.41, 5.74) is 1.36. The molecular formula is C27H39F3O4S. The van der Waals surface area contributed by atoms with Gasteiger partial charge in [0.25, 0.3) is 12.4 Å². The molecule has 0 unspecified atom stereocenters. The molecule has 2 rings (SSSR count). The molecule has 1 aromatic carbocycles. The molecule has 198 valence electrons. The highest BCUT2D eigenvalue weighted by Crippen LogP contribution is 2.29. The maximum absolute atomic E-state index is 14.1. The van der Waals surface area contributed by atoms with Crippen LogP contribution in [0.3, 0.4) is 0 Å². The largest absolute Gasteiger partial charge is 0.493 e. The average Bonchev–Trinajstić information content (AvgIpc) is 2.75. The van der Waals surface area contributed by atoms with E-state index < -0.39 is 24.6 Å². The minimum absolute atomic E-state index is 0.133. The second-order valence-corrected chi connectivity index (χ2v) is 10.6. The van der Waals surface area contributed by atoms with Crippen LogP contribution in [0.4, 0.5) is 13.2 Å². The van der Waals surface area contributed by atoms with Gasteiger partial charge in [-0.15, -0.1) is 0 Å². The number of hydrogen-bond acceptors (Lipinski definition) is 5. The number of aryl methyl sites for hydroxylation is 1. The van der Waals surface area contributed by atoms with Crippen molar-refractivity contribution in [3.05, 3.63) is 34.3 Å². The molecule has 8 heteroatoms. The van der Waals surface area contributed by atoms with Gasteiger partial charge in [0.05, 0.1) is 13.2 Å². The molecule has 4 nitrogen and oxygen atoms in total. The summed E-state index contributed by atoms with van der Waals surface area (Å²) in [6, 6.07) is 4.72. The van der Waals surface area contributed by atoms with Crippen molar-refractivity contribution < 1.29 is 31.9 Å². The van der Waals surface area contributed by atoms with Crippen molar-refractivity contribution in [2.75, 3.05) is 13.2 Å². The number of alkyl halides is 2. The lowest BCUT2D eigenvalue weighted by molar-refractivity contribution is -0.131. The van der Waals surface area contributed by atoms with Crippen LogP contribution in [0.15, 0.2) is 22.6 Å². The summed E-state index contributed by atoms with van der Waals surface area (Å²) in [5, 5.41) is 0.585. The van der Waals surface area contributed by atoms with Gasteiger partial charge in [-0.05, 0) is 48.5 Å². The van der Waals surface area contributed by atoms with E-state index in [9.17, 15) is 18.0 Å². The molecule has 0 bridgehead atoms. The fourth-order valence-electron chi connectivity index (χ4n) is 3.23. The van der Waals surface area contributed by atoms with E-state index in [4.69, 9.17) is 21.4 Å². The molecule has 1 heterocycles. The van der Waals surface area contributed by atoms with Gasteiger partial charge in [-0.3, -0.25) is 4.79 Å². The Morgan fingerprint density at radius 2 is 1.77 bits per heavy atom. The van der Waals surface area contributed by atoms with Gasteiger partial charge in [0, 0.05) is 29.9 Å². The van der Waals surface area contributed by atoms with Crippen LogP contribution in [0.1, 0.15) is 79.2 Å². The predicted molar refractivity (Wildman–Crippen MR) is 136 cm³/mol. The van der Waals surface area contributed by atoms with Gasteiger partial charge in [0.1, 0.15) is 11.3 Å². The van der Waals surface area contributed by atoms with E-state index in [-0.39, 0.29) is 24.4 Å². The highest BCUT2D eigenvalue weighted by atomic mass is 32.1. The van der Waals surface area contributed by atoms with Crippen LogP contribution >= 0.6 is 12.2 Å². The molecule has 2 aromatic rings. The quantitative estimate of drug-likeness (QED) is 0.160. The van der Waals surface area contributed by atoms with Crippen LogP contribution in [0.5, 0.6) is 5.75 Å². The molecule has 0 aliphatic carbocycles. The van der Waals surface area contributed by atoms with Gasteiger partial charge in [-0.1, -0.05) is 54.4 Å². The Bertz CT molecular complexity index is 981. The maximum Gasteiger partial charge on any atom is 0.293 e. The molecule has 1 aromatic heterocycles. The maximum atomic E-state index is 14.1. The first-order valence-electron chi connectivity index (χ1n) is 12.1. The lowest BCUT2D eigenvalue weighted by Crippen LogP contribution is -2.22. The summed E-state index contributed by atoms with van der Waals surface area (Å²) in [4.78, 5) is 9.98. The molecule has 0 fully saturated rings. The third-order valence-corrected chi connectivity index (χ3v) is 5.55. The Kier molecular flexibility index (Phi) is 12.8. The number of carbonyl (C=O) groups excluding carboxylic acids is 1. The van der Waals surface area contributed by atoms with E-state index in [0.717, 1.165) is 12.3 Å². The molecule has 0 N–H and O–H groups in total. The second-order valence-electron chi connectivity index (χ2n) is 10.3. The summed E-state index contributed by atoms with van der Waals surface area (Å²) in [5.74, 6) is -2.36. The highest BCUT2D eigenvalue weighted by molar-refractivity contribution is 7.71. The van der Waals surface area contributed by atoms with Crippen molar-refractivity contribution in [1.82, 2.24) is 0 Å². The molecule has 35 heavy (non-hydrogen) atoms. The van der Waals surface area contributed by atoms with Gasteiger partial charge in [-0.2, -0.15) is 0 Å². The Morgan fingerprint density at radius 3 is 2.31 bits per heavy atom. The number of fused-ring (bicyclic) bond motifs is 1. The molecule has 0 spiro atoms. The normalized spacial score (nSPS) is 11.8. The summed E-state index contributed by atoms with van der Waals surface area (Å²) in [6.07, 6.45) is 2.88. The molecule has 0 aliphatic heterocycles. The SMILES string of the molecule is CC(C)CCC(C)(C)C.CCCc1c(F)c(=S)oc2cc(OCCC(F)(F)CCOC=O)ccc12. The summed E-state index contributed by atoms with van der Waals surface area (Å²) in [7, 11) is 0. The van der Waals surface area contributed by atoms with Crippen molar-refractivity contribution in [2.45, 2.75) is 86.0 Å². The Labute approximate surface area is 212 Å². The van der Waals surface area contributed by atoms with Crippen molar-refractivity contribution in [1.29, 1.82) is 0 Å². The summed E-state index contributed by atoms with van der Waals surface area (Å²) in [6.45, 7) is 12.9. The van der Waals surface area contributed by atoms with Crippen LogP contribution in [0, 0.1) is 21.9 Å². The fourth-order valence-corrected chi connectivity index (χ4v) is 3.44. The first-order chi connectivity index (χ1) is 16.3. The highest BCUT2D eigenvalue weighted by Gasteiger charge is 2.28. The van der Waals surface area contributed by atoms with Gasteiger partial charge in [0.2, 0.25) is 4.71 Å². The lowest BCUT2D eigenvalue weighted by Gasteiger charge is -2.18. The van der Waals surface area contributed by atoms with Crippen molar-refractivity contribution in [3.8, 4) is 5.75 Å². The number of rotatable bonds is 12. The lowest BCUT2D eigenvalue weighted by atomic mass is 9.88. The van der Waals surface area contributed by atoms with Crippen molar-refractivity contribution in [2.24, 2.45) is 11.3 Å². The second kappa shape index (κ2) is 14.5. The summed E-state index contributed by atoms with van der Waals surface area (Å²) < 4.78 is 56.0. The number of carbonyl (C=O) groups is 1. The molecule has 0 amide bonds. The van der Waals surface area contributed by atoms with E-state index in [1.165, 1.54) is 18.9 Å². The average molecular weight is 517 g/mol. The Morgan fingerprint density at radius 1 is 1.11 bits per heavy atom. The molecule has 0 aliphatic rings.